The number of nitrogens with zero attached hydrogens (tertiary/aromatic N) is 2. The number of anilines is 1. The molecular weight excluding hydrogens is 261 g/mol. The van der Waals surface area contributed by atoms with E-state index >= 15 is 0 Å². The van der Waals surface area contributed by atoms with E-state index in [1.165, 1.54) is 12.4 Å². The lowest BCUT2D eigenvalue weighted by Crippen LogP contribution is -2.13. The van der Waals surface area contributed by atoms with Crippen molar-refractivity contribution in [2.75, 3.05) is 5.32 Å². The number of aromatic nitrogens is 2. The van der Waals surface area contributed by atoms with Gasteiger partial charge in [-0.1, -0.05) is 23.2 Å². The summed E-state index contributed by atoms with van der Waals surface area (Å²) in [7, 11) is 0. The Morgan fingerprint density at radius 3 is 2.24 bits per heavy atom. The number of carbonyl (C=O) groups excluding carboxylic acids is 1. The van der Waals surface area contributed by atoms with Gasteiger partial charge in [0.15, 0.2) is 0 Å². The maximum absolute atomic E-state index is 11.9. The summed E-state index contributed by atoms with van der Waals surface area (Å²) in [6.45, 7) is 0. The highest BCUT2D eigenvalue weighted by atomic mass is 35.5. The Balaban J connectivity index is 2.27. The smallest absolute Gasteiger partial charge is 0.258 e. The van der Waals surface area contributed by atoms with Crippen LogP contribution < -0.4 is 5.32 Å². The van der Waals surface area contributed by atoms with Crippen LogP contribution in [0.15, 0.2) is 36.9 Å². The first kappa shape index (κ1) is 11.8. The van der Waals surface area contributed by atoms with Gasteiger partial charge in [-0.3, -0.25) is 14.8 Å². The standard InChI is InChI=1S/C11H7Cl2N3O/c12-8-5-15-6-9(13)10(8)11(17)16-7-1-3-14-4-2-7/h1-6H,(H,14,16,17). The molecule has 17 heavy (non-hydrogen) atoms. The van der Waals surface area contributed by atoms with Crippen LogP contribution in [-0.4, -0.2) is 15.9 Å². The van der Waals surface area contributed by atoms with Crippen LogP contribution in [0.4, 0.5) is 5.69 Å². The number of carbonyl (C=O) groups is 1. The van der Waals surface area contributed by atoms with Crippen molar-refractivity contribution < 1.29 is 4.79 Å². The van der Waals surface area contributed by atoms with E-state index in [1.807, 2.05) is 0 Å². The van der Waals surface area contributed by atoms with Gasteiger partial charge < -0.3 is 5.32 Å². The van der Waals surface area contributed by atoms with E-state index in [1.54, 1.807) is 24.5 Å². The average molecular weight is 268 g/mol. The topological polar surface area (TPSA) is 54.9 Å². The van der Waals surface area contributed by atoms with Gasteiger partial charge in [0.2, 0.25) is 0 Å². The lowest BCUT2D eigenvalue weighted by molar-refractivity contribution is 0.102. The van der Waals surface area contributed by atoms with Crippen molar-refractivity contribution in [1.29, 1.82) is 0 Å². The largest absolute Gasteiger partial charge is 0.322 e. The monoisotopic (exact) mass is 267 g/mol. The molecule has 0 radical (unpaired) electrons. The van der Waals surface area contributed by atoms with Crippen LogP contribution in [0.25, 0.3) is 0 Å². The molecule has 0 aliphatic rings. The Bertz CT molecular complexity index is 525. The highest BCUT2D eigenvalue weighted by Gasteiger charge is 2.14. The Kier molecular flexibility index (Phi) is 3.56. The minimum absolute atomic E-state index is 0.208. The molecule has 86 valence electrons. The Morgan fingerprint density at radius 2 is 1.65 bits per heavy atom. The molecule has 0 aliphatic carbocycles. The summed E-state index contributed by atoms with van der Waals surface area (Å²) in [6.07, 6.45) is 5.89. The first-order valence-electron chi connectivity index (χ1n) is 4.69. The molecule has 2 rings (SSSR count). The van der Waals surface area contributed by atoms with Crippen LogP contribution in [0.1, 0.15) is 10.4 Å². The van der Waals surface area contributed by atoms with Crippen LogP contribution in [0, 0.1) is 0 Å². The number of nitrogens with one attached hydrogen (secondary N) is 1. The molecule has 0 aromatic carbocycles. The van der Waals surface area contributed by atoms with Crippen LogP contribution in [0.5, 0.6) is 0 Å². The van der Waals surface area contributed by atoms with E-state index in [2.05, 4.69) is 15.3 Å². The van der Waals surface area contributed by atoms with E-state index in [4.69, 9.17) is 23.2 Å². The van der Waals surface area contributed by atoms with Crippen molar-refractivity contribution in [3.05, 3.63) is 52.5 Å². The van der Waals surface area contributed by atoms with Crippen molar-refractivity contribution in [3.63, 3.8) is 0 Å². The summed E-state index contributed by atoms with van der Waals surface area (Å²) in [5.41, 5.74) is 0.828. The fourth-order valence-corrected chi connectivity index (χ4v) is 1.79. The van der Waals surface area contributed by atoms with Crippen molar-refractivity contribution in [3.8, 4) is 0 Å². The zero-order valence-electron chi connectivity index (χ0n) is 8.52. The summed E-state index contributed by atoms with van der Waals surface area (Å²) in [4.78, 5) is 19.6. The zero-order chi connectivity index (χ0) is 12.3. The van der Waals surface area contributed by atoms with Gasteiger partial charge >= 0.3 is 0 Å². The van der Waals surface area contributed by atoms with Crippen molar-refractivity contribution in [1.82, 2.24) is 9.97 Å². The molecule has 2 aromatic rings. The second-order valence-corrected chi connectivity index (χ2v) is 3.98. The molecule has 0 atom stereocenters. The molecule has 0 bridgehead atoms. The zero-order valence-corrected chi connectivity index (χ0v) is 10.0. The van der Waals surface area contributed by atoms with E-state index in [0.717, 1.165) is 0 Å². The van der Waals surface area contributed by atoms with E-state index in [0.29, 0.717) is 5.69 Å². The van der Waals surface area contributed by atoms with Crippen LogP contribution in [-0.2, 0) is 0 Å². The van der Waals surface area contributed by atoms with Crippen molar-refractivity contribution >= 4 is 34.8 Å². The average Bonchev–Trinajstić information content (AvgIpc) is 2.30. The summed E-state index contributed by atoms with van der Waals surface area (Å²) in [5.74, 6) is -0.381. The number of hydrogen-bond acceptors (Lipinski definition) is 3. The summed E-state index contributed by atoms with van der Waals surface area (Å²) in [5, 5.41) is 3.09. The first-order chi connectivity index (χ1) is 8.18. The molecule has 1 N–H and O–H groups in total. The van der Waals surface area contributed by atoms with Gasteiger partial charge in [0.1, 0.15) is 0 Å². The lowest BCUT2D eigenvalue weighted by Gasteiger charge is -2.07. The third kappa shape index (κ3) is 2.72. The molecule has 0 aliphatic heterocycles. The van der Waals surface area contributed by atoms with E-state index < -0.39 is 0 Å². The van der Waals surface area contributed by atoms with Crippen LogP contribution >= 0.6 is 23.2 Å². The van der Waals surface area contributed by atoms with E-state index in [9.17, 15) is 4.79 Å². The number of pyridine rings is 2. The maximum Gasteiger partial charge on any atom is 0.258 e. The normalized spacial score (nSPS) is 10.0. The Labute approximate surface area is 108 Å². The molecular formula is C11H7Cl2N3O. The minimum Gasteiger partial charge on any atom is -0.322 e. The summed E-state index contributed by atoms with van der Waals surface area (Å²) < 4.78 is 0. The molecule has 1 amide bonds. The van der Waals surface area contributed by atoms with Gasteiger partial charge in [0, 0.05) is 30.5 Å². The fourth-order valence-electron chi connectivity index (χ4n) is 1.26. The highest BCUT2D eigenvalue weighted by molar-refractivity contribution is 6.40. The van der Waals surface area contributed by atoms with Crippen molar-refractivity contribution in [2.24, 2.45) is 0 Å². The molecule has 0 fully saturated rings. The van der Waals surface area contributed by atoms with Crippen LogP contribution in [0.2, 0.25) is 10.0 Å². The molecule has 4 nitrogen and oxygen atoms in total. The molecule has 6 heteroatoms. The first-order valence-corrected chi connectivity index (χ1v) is 5.44. The number of amides is 1. The molecule has 0 saturated heterocycles. The van der Waals surface area contributed by atoms with Gasteiger partial charge in [-0.25, -0.2) is 0 Å². The minimum atomic E-state index is -0.381. The summed E-state index contributed by atoms with van der Waals surface area (Å²) >= 11 is 11.7. The van der Waals surface area contributed by atoms with Gasteiger partial charge in [0.05, 0.1) is 15.6 Å². The molecule has 0 unspecified atom stereocenters. The van der Waals surface area contributed by atoms with Gasteiger partial charge in [-0.2, -0.15) is 0 Å². The Hall–Kier alpha value is -1.65. The maximum atomic E-state index is 11.9. The molecule has 2 heterocycles. The SMILES string of the molecule is O=C(Nc1ccncc1)c1c(Cl)cncc1Cl. The molecule has 2 aromatic heterocycles. The van der Waals surface area contributed by atoms with Gasteiger partial charge in [-0.15, -0.1) is 0 Å². The Morgan fingerprint density at radius 1 is 1.06 bits per heavy atom. The lowest BCUT2D eigenvalue weighted by atomic mass is 10.2. The second kappa shape index (κ2) is 5.12. The number of hydrogen-bond donors (Lipinski definition) is 1. The predicted molar refractivity (Wildman–Crippen MR) is 66.4 cm³/mol. The second-order valence-electron chi connectivity index (χ2n) is 3.17. The van der Waals surface area contributed by atoms with Crippen molar-refractivity contribution in [2.45, 2.75) is 0 Å². The molecule has 0 spiro atoms. The number of rotatable bonds is 2. The fraction of sp³-hybridized carbons (Fsp3) is 0. The third-order valence-electron chi connectivity index (χ3n) is 2.02. The predicted octanol–water partition coefficient (Wildman–Crippen LogP) is 3.04. The van der Waals surface area contributed by atoms with Gasteiger partial charge in [0.25, 0.3) is 5.91 Å². The summed E-state index contributed by atoms with van der Waals surface area (Å²) in [6, 6.07) is 3.34. The number of halogens is 2. The van der Waals surface area contributed by atoms with Gasteiger partial charge in [-0.05, 0) is 12.1 Å². The van der Waals surface area contributed by atoms with E-state index in [-0.39, 0.29) is 21.5 Å². The molecule has 0 saturated carbocycles. The highest BCUT2D eigenvalue weighted by Crippen LogP contribution is 2.23. The van der Waals surface area contributed by atoms with Crippen LogP contribution in [0.3, 0.4) is 0 Å². The quantitative estimate of drug-likeness (QED) is 0.910. The third-order valence-corrected chi connectivity index (χ3v) is 2.59.